The van der Waals surface area contributed by atoms with Crippen molar-refractivity contribution in [1.29, 1.82) is 0 Å². The standard InChI is InChI=1S/C14H13ClOS/c15-13-2-1-3-14(8-13)17-10-12-6-4-11(9-16)5-7-12/h1-8,16H,9-10H2. The first kappa shape index (κ1) is 12.5. The predicted molar refractivity (Wildman–Crippen MR) is 73.4 cm³/mol. The molecular weight excluding hydrogens is 252 g/mol. The molecule has 0 fully saturated rings. The molecule has 0 radical (unpaired) electrons. The van der Waals surface area contributed by atoms with Crippen molar-refractivity contribution in [2.24, 2.45) is 0 Å². The molecule has 17 heavy (non-hydrogen) atoms. The minimum Gasteiger partial charge on any atom is -0.392 e. The van der Waals surface area contributed by atoms with Crippen LogP contribution in [-0.2, 0) is 12.4 Å². The lowest BCUT2D eigenvalue weighted by molar-refractivity contribution is 0.282. The highest BCUT2D eigenvalue weighted by molar-refractivity contribution is 7.98. The Kier molecular flexibility index (Phi) is 4.49. The van der Waals surface area contributed by atoms with Crippen LogP contribution in [0.1, 0.15) is 11.1 Å². The van der Waals surface area contributed by atoms with E-state index in [2.05, 4.69) is 6.07 Å². The third-order valence-electron chi connectivity index (χ3n) is 2.41. The first-order valence-corrected chi connectivity index (χ1v) is 6.71. The van der Waals surface area contributed by atoms with E-state index < -0.39 is 0 Å². The Balaban J connectivity index is 1.97. The molecule has 0 saturated carbocycles. The third kappa shape index (κ3) is 3.77. The van der Waals surface area contributed by atoms with E-state index in [-0.39, 0.29) is 6.61 Å². The second-order valence-electron chi connectivity index (χ2n) is 3.72. The van der Waals surface area contributed by atoms with Crippen molar-refractivity contribution in [3.05, 3.63) is 64.7 Å². The number of thioether (sulfide) groups is 1. The van der Waals surface area contributed by atoms with Gasteiger partial charge < -0.3 is 5.11 Å². The molecule has 0 heterocycles. The van der Waals surface area contributed by atoms with Crippen LogP contribution in [0.5, 0.6) is 0 Å². The van der Waals surface area contributed by atoms with Crippen LogP contribution in [0.15, 0.2) is 53.4 Å². The van der Waals surface area contributed by atoms with Crippen LogP contribution in [0.4, 0.5) is 0 Å². The lowest BCUT2D eigenvalue weighted by Gasteiger charge is -2.03. The molecule has 3 heteroatoms. The first-order valence-electron chi connectivity index (χ1n) is 5.35. The van der Waals surface area contributed by atoms with E-state index >= 15 is 0 Å². The summed E-state index contributed by atoms with van der Waals surface area (Å²) in [6.45, 7) is 0.0989. The van der Waals surface area contributed by atoms with Gasteiger partial charge in [0.15, 0.2) is 0 Å². The molecule has 0 aromatic heterocycles. The van der Waals surface area contributed by atoms with Gasteiger partial charge in [0.25, 0.3) is 0 Å². The number of halogens is 1. The zero-order valence-electron chi connectivity index (χ0n) is 9.27. The Labute approximate surface area is 110 Å². The van der Waals surface area contributed by atoms with Crippen molar-refractivity contribution >= 4 is 23.4 Å². The highest BCUT2D eigenvalue weighted by Crippen LogP contribution is 2.25. The Hall–Kier alpha value is -0.960. The van der Waals surface area contributed by atoms with E-state index in [0.29, 0.717) is 0 Å². The Morgan fingerprint density at radius 3 is 2.35 bits per heavy atom. The summed E-state index contributed by atoms with van der Waals surface area (Å²) in [4.78, 5) is 1.17. The van der Waals surface area contributed by atoms with Crippen molar-refractivity contribution in [2.75, 3.05) is 0 Å². The average molecular weight is 265 g/mol. The van der Waals surface area contributed by atoms with Crippen LogP contribution in [0.3, 0.4) is 0 Å². The second kappa shape index (κ2) is 6.10. The molecule has 2 aromatic carbocycles. The van der Waals surface area contributed by atoms with Gasteiger partial charge in [-0.05, 0) is 29.3 Å². The molecule has 0 amide bonds. The zero-order valence-corrected chi connectivity index (χ0v) is 10.8. The average Bonchev–Trinajstić information content (AvgIpc) is 2.37. The predicted octanol–water partition coefficient (Wildman–Crippen LogP) is 4.12. The summed E-state index contributed by atoms with van der Waals surface area (Å²) < 4.78 is 0. The van der Waals surface area contributed by atoms with E-state index in [1.54, 1.807) is 11.8 Å². The molecule has 0 aliphatic heterocycles. The summed E-state index contributed by atoms with van der Waals surface area (Å²) in [6.07, 6.45) is 0. The van der Waals surface area contributed by atoms with Gasteiger partial charge in [-0.2, -0.15) is 0 Å². The maximum Gasteiger partial charge on any atom is 0.0681 e. The maximum atomic E-state index is 8.95. The third-order valence-corrected chi connectivity index (χ3v) is 3.71. The van der Waals surface area contributed by atoms with Gasteiger partial charge in [-0.3, -0.25) is 0 Å². The molecule has 1 N–H and O–H groups in total. The fraction of sp³-hybridized carbons (Fsp3) is 0.143. The molecule has 0 aliphatic carbocycles. The fourth-order valence-corrected chi connectivity index (χ4v) is 2.63. The van der Waals surface area contributed by atoms with Crippen LogP contribution in [0.2, 0.25) is 5.02 Å². The van der Waals surface area contributed by atoms with Crippen molar-refractivity contribution in [1.82, 2.24) is 0 Å². The van der Waals surface area contributed by atoms with Crippen molar-refractivity contribution < 1.29 is 5.11 Å². The summed E-state index contributed by atoms with van der Waals surface area (Å²) in [5, 5.41) is 9.72. The summed E-state index contributed by atoms with van der Waals surface area (Å²) in [5.74, 6) is 0.909. The summed E-state index contributed by atoms with van der Waals surface area (Å²) >= 11 is 7.68. The summed E-state index contributed by atoms with van der Waals surface area (Å²) in [6, 6.07) is 15.8. The number of aliphatic hydroxyl groups excluding tert-OH is 1. The number of hydrogen-bond acceptors (Lipinski definition) is 2. The smallest absolute Gasteiger partial charge is 0.0681 e. The molecule has 0 saturated heterocycles. The van der Waals surface area contributed by atoms with Crippen molar-refractivity contribution in [2.45, 2.75) is 17.3 Å². The van der Waals surface area contributed by atoms with Crippen molar-refractivity contribution in [3.63, 3.8) is 0 Å². The normalized spacial score (nSPS) is 10.5. The largest absolute Gasteiger partial charge is 0.392 e. The molecule has 1 nitrogen and oxygen atoms in total. The molecule has 0 unspecified atom stereocenters. The topological polar surface area (TPSA) is 20.2 Å². The first-order chi connectivity index (χ1) is 8.28. The van der Waals surface area contributed by atoms with Gasteiger partial charge in [-0.1, -0.05) is 41.9 Å². The van der Waals surface area contributed by atoms with E-state index in [1.807, 2.05) is 42.5 Å². The van der Waals surface area contributed by atoms with Crippen LogP contribution in [0, 0.1) is 0 Å². The molecule has 0 atom stereocenters. The number of aliphatic hydroxyl groups is 1. The molecule has 0 spiro atoms. The Bertz CT molecular complexity index is 482. The van der Waals surface area contributed by atoms with Crippen LogP contribution >= 0.6 is 23.4 Å². The molecular formula is C14H13ClOS. The minimum atomic E-state index is 0.0989. The van der Waals surface area contributed by atoms with Crippen LogP contribution in [-0.4, -0.2) is 5.11 Å². The Morgan fingerprint density at radius 1 is 1.00 bits per heavy atom. The van der Waals surface area contributed by atoms with Crippen molar-refractivity contribution in [3.8, 4) is 0 Å². The van der Waals surface area contributed by atoms with Crippen LogP contribution in [0.25, 0.3) is 0 Å². The van der Waals surface area contributed by atoms with Gasteiger partial charge >= 0.3 is 0 Å². The molecule has 2 aromatic rings. The van der Waals surface area contributed by atoms with E-state index in [1.165, 1.54) is 10.5 Å². The molecule has 0 aliphatic rings. The second-order valence-corrected chi connectivity index (χ2v) is 5.21. The highest BCUT2D eigenvalue weighted by atomic mass is 35.5. The number of rotatable bonds is 4. The van der Waals surface area contributed by atoms with Gasteiger partial charge in [0, 0.05) is 15.7 Å². The van der Waals surface area contributed by atoms with Gasteiger partial charge in [0.2, 0.25) is 0 Å². The Morgan fingerprint density at radius 2 is 1.71 bits per heavy atom. The lowest BCUT2D eigenvalue weighted by Crippen LogP contribution is -1.85. The minimum absolute atomic E-state index is 0.0989. The zero-order chi connectivity index (χ0) is 12.1. The monoisotopic (exact) mass is 264 g/mol. The van der Waals surface area contributed by atoms with Gasteiger partial charge in [0.05, 0.1) is 6.61 Å². The van der Waals surface area contributed by atoms with E-state index in [4.69, 9.17) is 16.7 Å². The SMILES string of the molecule is OCc1ccc(CSc2cccc(Cl)c2)cc1. The molecule has 2 rings (SSSR count). The summed E-state index contributed by atoms with van der Waals surface area (Å²) in [7, 11) is 0. The molecule has 88 valence electrons. The quantitative estimate of drug-likeness (QED) is 0.838. The van der Waals surface area contributed by atoms with Gasteiger partial charge in [-0.25, -0.2) is 0 Å². The van der Waals surface area contributed by atoms with Gasteiger partial charge in [-0.15, -0.1) is 11.8 Å². The van der Waals surface area contributed by atoms with Crippen LogP contribution < -0.4 is 0 Å². The lowest BCUT2D eigenvalue weighted by atomic mass is 10.2. The van der Waals surface area contributed by atoms with E-state index in [9.17, 15) is 0 Å². The van der Waals surface area contributed by atoms with Gasteiger partial charge in [0.1, 0.15) is 0 Å². The van der Waals surface area contributed by atoms with E-state index in [0.717, 1.165) is 16.3 Å². The molecule has 0 bridgehead atoms. The number of benzene rings is 2. The summed E-state index contributed by atoms with van der Waals surface area (Å²) in [5.41, 5.74) is 2.19. The maximum absolute atomic E-state index is 8.95. The number of hydrogen-bond donors (Lipinski definition) is 1. The highest BCUT2D eigenvalue weighted by Gasteiger charge is 1.98. The fourth-order valence-electron chi connectivity index (χ4n) is 1.46.